The fourth-order valence-corrected chi connectivity index (χ4v) is 4.95. The van der Waals surface area contributed by atoms with E-state index in [-0.39, 0.29) is 10.8 Å². The van der Waals surface area contributed by atoms with Gasteiger partial charge in [0.1, 0.15) is 23.6 Å². The number of carbonyl (C=O) groups excluding carboxylic acids is 4. The molecule has 198 valence electrons. The zero-order chi connectivity index (χ0) is 27.4. The highest BCUT2D eigenvalue weighted by molar-refractivity contribution is 7.14. The number of nitrogens with one attached hydrogen (secondary N) is 2. The number of thiazole rings is 1. The Morgan fingerprint density at radius 3 is 2.42 bits per heavy atom. The second-order valence-corrected chi connectivity index (χ2v) is 9.22. The van der Waals surface area contributed by atoms with Crippen molar-refractivity contribution < 1.29 is 33.4 Å². The third kappa shape index (κ3) is 5.16. The Bertz CT molecular complexity index is 1360. The van der Waals surface area contributed by atoms with E-state index in [4.69, 9.17) is 9.47 Å². The van der Waals surface area contributed by atoms with Crippen molar-refractivity contribution in [2.75, 3.05) is 26.6 Å². The first-order valence-corrected chi connectivity index (χ1v) is 12.4. The molecule has 3 aromatic rings. The van der Waals surface area contributed by atoms with Gasteiger partial charge in [-0.2, -0.15) is 0 Å². The Kier molecular flexibility index (Phi) is 7.91. The van der Waals surface area contributed by atoms with Crippen LogP contribution in [-0.4, -0.2) is 61.1 Å². The number of anilines is 1. The second-order valence-electron chi connectivity index (χ2n) is 8.36. The number of para-hydroxylation sites is 1. The lowest BCUT2D eigenvalue weighted by Crippen LogP contribution is -2.50. The highest BCUT2D eigenvalue weighted by Gasteiger charge is 2.48. The summed E-state index contributed by atoms with van der Waals surface area (Å²) < 4.78 is 15.3. The minimum atomic E-state index is -1.27. The largest absolute Gasteiger partial charge is 0.497 e. The first-order chi connectivity index (χ1) is 18.3. The summed E-state index contributed by atoms with van der Waals surface area (Å²) in [5.74, 6) is -1.48. The van der Waals surface area contributed by atoms with Crippen LogP contribution in [0.15, 0.2) is 53.9 Å². The highest BCUT2D eigenvalue weighted by atomic mass is 32.1. The molecule has 4 amide bonds. The molecule has 2 aromatic carbocycles. The fourth-order valence-electron chi connectivity index (χ4n) is 4.27. The predicted octanol–water partition coefficient (Wildman–Crippen LogP) is 3.35. The summed E-state index contributed by atoms with van der Waals surface area (Å²) in [5, 5.41) is 6.88. The lowest BCUT2D eigenvalue weighted by molar-refractivity contribution is -0.134. The van der Waals surface area contributed by atoms with E-state index in [9.17, 15) is 19.2 Å². The van der Waals surface area contributed by atoms with Gasteiger partial charge < -0.3 is 24.8 Å². The molecule has 11 nitrogen and oxygen atoms in total. The molecule has 0 radical (unpaired) electrons. The summed E-state index contributed by atoms with van der Waals surface area (Å²) in [7, 11) is 4.25. The van der Waals surface area contributed by atoms with Gasteiger partial charge in [0.05, 0.1) is 21.3 Å². The number of aromatic nitrogens is 1. The van der Waals surface area contributed by atoms with Gasteiger partial charge >= 0.3 is 12.0 Å². The summed E-state index contributed by atoms with van der Waals surface area (Å²) >= 11 is 1.01. The number of ether oxygens (including phenoxy) is 3. The van der Waals surface area contributed by atoms with E-state index in [0.29, 0.717) is 22.6 Å². The maximum Gasteiger partial charge on any atom is 0.357 e. The first kappa shape index (κ1) is 26.6. The summed E-state index contributed by atoms with van der Waals surface area (Å²) in [5.41, 5.74) is 1.19. The van der Waals surface area contributed by atoms with Gasteiger partial charge in [-0.05, 0) is 29.3 Å². The smallest absolute Gasteiger partial charge is 0.357 e. The van der Waals surface area contributed by atoms with Crippen LogP contribution in [0.1, 0.15) is 40.5 Å². The number of methoxy groups -OCH3 is 3. The molecular formula is C26H26N4O7S. The molecule has 0 aliphatic carbocycles. The fraction of sp³-hybridized carbons (Fsp3) is 0.269. The van der Waals surface area contributed by atoms with E-state index >= 15 is 0 Å². The van der Waals surface area contributed by atoms with Gasteiger partial charge in [0.25, 0.3) is 5.91 Å². The number of hydrogen-bond donors (Lipinski definition) is 2. The van der Waals surface area contributed by atoms with Crippen LogP contribution in [-0.2, 0) is 14.3 Å². The van der Waals surface area contributed by atoms with Crippen molar-refractivity contribution in [2.45, 2.75) is 24.9 Å². The molecule has 1 aliphatic heterocycles. The summed E-state index contributed by atoms with van der Waals surface area (Å²) in [4.78, 5) is 57.3. The van der Waals surface area contributed by atoms with E-state index in [1.807, 2.05) is 0 Å². The highest BCUT2D eigenvalue weighted by Crippen LogP contribution is 2.35. The van der Waals surface area contributed by atoms with Gasteiger partial charge in [0.2, 0.25) is 5.91 Å². The third-order valence-corrected chi connectivity index (χ3v) is 6.96. The monoisotopic (exact) mass is 538 g/mol. The summed E-state index contributed by atoms with van der Waals surface area (Å²) in [6, 6.07) is 10.8. The van der Waals surface area contributed by atoms with Gasteiger partial charge in [-0.3, -0.25) is 9.59 Å². The number of hydrogen-bond acceptors (Lipinski definition) is 9. The Hall–Kier alpha value is -4.45. The van der Waals surface area contributed by atoms with Gasteiger partial charge in [-0.25, -0.2) is 19.5 Å². The van der Waals surface area contributed by atoms with Crippen molar-refractivity contribution in [2.24, 2.45) is 0 Å². The number of esters is 1. The quantitative estimate of drug-likeness (QED) is 0.313. The van der Waals surface area contributed by atoms with Gasteiger partial charge in [0, 0.05) is 11.3 Å². The second kappa shape index (κ2) is 11.3. The van der Waals surface area contributed by atoms with Crippen LogP contribution in [0.5, 0.6) is 11.5 Å². The van der Waals surface area contributed by atoms with Gasteiger partial charge in [-0.15, -0.1) is 11.3 Å². The minimum absolute atomic E-state index is 0.0247. The number of benzene rings is 2. The van der Waals surface area contributed by atoms with Crippen LogP contribution in [0.3, 0.4) is 0 Å². The molecule has 0 saturated carbocycles. The predicted molar refractivity (Wildman–Crippen MR) is 138 cm³/mol. The van der Waals surface area contributed by atoms with Crippen LogP contribution < -0.4 is 20.1 Å². The van der Waals surface area contributed by atoms with Crippen LogP contribution in [0.25, 0.3) is 0 Å². The molecule has 38 heavy (non-hydrogen) atoms. The average molecular weight is 539 g/mol. The van der Waals surface area contributed by atoms with E-state index in [0.717, 1.165) is 16.2 Å². The number of carbonyl (C=O) groups is 4. The minimum Gasteiger partial charge on any atom is -0.497 e. The molecular weight excluding hydrogens is 512 g/mol. The number of urea groups is 1. The average Bonchev–Trinajstić information content (AvgIpc) is 3.52. The standard InChI is InChI=1S/C26H26N4O7S/c1-14(17-7-5-6-8-19(17)36-3)21(22(31)29-25-27-18(13-38-25)24(33)37-4)30-23(32)20(28-26(30)34)15-9-11-16(35-2)12-10-15/h5-14,20-21H,1-4H3,(H,28,34)(H,27,29,31)/t14-,20+,21-/m0/s1. The lowest BCUT2D eigenvalue weighted by Gasteiger charge is -2.30. The first-order valence-electron chi connectivity index (χ1n) is 11.5. The van der Waals surface area contributed by atoms with Gasteiger partial charge in [0.15, 0.2) is 10.8 Å². The van der Waals surface area contributed by atoms with Crippen molar-refractivity contribution in [1.29, 1.82) is 0 Å². The molecule has 0 bridgehead atoms. The van der Waals surface area contributed by atoms with Crippen LogP contribution in [0.4, 0.5) is 9.93 Å². The molecule has 1 fully saturated rings. The Labute approximate surface area is 222 Å². The zero-order valence-corrected chi connectivity index (χ0v) is 21.9. The molecule has 1 saturated heterocycles. The van der Waals surface area contributed by atoms with Gasteiger partial charge in [-0.1, -0.05) is 37.3 Å². The van der Waals surface area contributed by atoms with Crippen molar-refractivity contribution in [1.82, 2.24) is 15.2 Å². The zero-order valence-electron chi connectivity index (χ0n) is 21.1. The molecule has 4 rings (SSSR count). The van der Waals surface area contributed by atoms with Crippen molar-refractivity contribution in [3.63, 3.8) is 0 Å². The number of imide groups is 1. The van der Waals surface area contributed by atoms with Crippen LogP contribution in [0, 0.1) is 0 Å². The van der Waals surface area contributed by atoms with Crippen molar-refractivity contribution in [3.8, 4) is 11.5 Å². The summed E-state index contributed by atoms with van der Waals surface area (Å²) in [6.07, 6.45) is 0. The van der Waals surface area contributed by atoms with E-state index in [2.05, 4.69) is 20.4 Å². The Morgan fingerprint density at radius 1 is 1.05 bits per heavy atom. The Morgan fingerprint density at radius 2 is 1.76 bits per heavy atom. The normalized spacial score (nSPS) is 16.4. The van der Waals surface area contributed by atoms with Crippen LogP contribution in [0.2, 0.25) is 0 Å². The van der Waals surface area contributed by atoms with Crippen molar-refractivity contribution in [3.05, 3.63) is 70.7 Å². The topological polar surface area (TPSA) is 136 Å². The number of nitrogens with zero attached hydrogens (tertiary/aromatic N) is 2. The maximum absolute atomic E-state index is 13.7. The third-order valence-electron chi connectivity index (χ3n) is 6.20. The van der Waals surface area contributed by atoms with Crippen LogP contribution >= 0.6 is 11.3 Å². The van der Waals surface area contributed by atoms with E-state index in [1.54, 1.807) is 55.5 Å². The van der Waals surface area contributed by atoms with E-state index < -0.39 is 41.8 Å². The molecule has 2 heterocycles. The maximum atomic E-state index is 13.7. The van der Waals surface area contributed by atoms with E-state index in [1.165, 1.54) is 26.7 Å². The number of amides is 4. The SMILES string of the molecule is COC(=O)c1csc(NC(=O)[C@H]([C@@H](C)c2ccccc2OC)N2C(=O)N[C@H](c3ccc(OC)cc3)C2=O)n1. The molecule has 1 aliphatic rings. The molecule has 0 spiro atoms. The number of rotatable bonds is 9. The molecule has 12 heteroatoms. The summed E-state index contributed by atoms with van der Waals surface area (Å²) in [6.45, 7) is 1.73. The molecule has 1 aromatic heterocycles. The molecule has 3 atom stereocenters. The van der Waals surface area contributed by atoms with Crippen molar-refractivity contribution >= 4 is 40.3 Å². The Balaban J connectivity index is 1.69. The molecule has 2 N–H and O–H groups in total. The molecule has 0 unspecified atom stereocenters. The lowest BCUT2D eigenvalue weighted by atomic mass is 9.90.